The van der Waals surface area contributed by atoms with Gasteiger partial charge in [-0.2, -0.15) is 0 Å². The molecule has 1 unspecified atom stereocenters. The van der Waals surface area contributed by atoms with Crippen LogP contribution in [0.15, 0.2) is 24.3 Å². The molecule has 1 spiro atoms. The maximum Gasteiger partial charge on any atom is 0.0708 e. The fraction of sp³-hybridized carbons (Fsp3) is 0.667. The number of nitrogens with one attached hydrogen (secondary N) is 1. The van der Waals surface area contributed by atoms with Gasteiger partial charge in [-0.1, -0.05) is 42.7 Å². The molecule has 110 valence electrons. The number of ether oxygens (including phenoxy) is 1. The van der Waals surface area contributed by atoms with Crippen molar-refractivity contribution in [3.05, 3.63) is 35.4 Å². The maximum absolute atomic E-state index is 6.32. The number of benzene rings is 1. The summed E-state index contributed by atoms with van der Waals surface area (Å²) in [5.41, 5.74) is 3.06. The van der Waals surface area contributed by atoms with Crippen LogP contribution in [-0.4, -0.2) is 24.8 Å². The highest BCUT2D eigenvalue weighted by atomic mass is 16.5. The van der Waals surface area contributed by atoms with Gasteiger partial charge in [0.15, 0.2) is 0 Å². The minimum atomic E-state index is 0.281. The predicted octanol–water partition coefficient (Wildman–Crippen LogP) is 3.62. The van der Waals surface area contributed by atoms with E-state index in [1.807, 2.05) is 0 Å². The van der Waals surface area contributed by atoms with Crippen LogP contribution in [0.4, 0.5) is 0 Å². The van der Waals surface area contributed by atoms with Crippen LogP contribution in [0.3, 0.4) is 0 Å². The second kappa shape index (κ2) is 6.28. The van der Waals surface area contributed by atoms with E-state index in [0.29, 0.717) is 6.10 Å². The van der Waals surface area contributed by atoms with Crippen LogP contribution in [-0.2, 0) is 11.2 Å². The predicted molar refractivity (Wildman–Crippen MR) is 83.1 cm³/mol. The molecule has 0 aromatic heterocycles. The summed E-state index contributed by atoms with van der Waals surface area (Å²) >= 11 is 0. The summed E-state index contributed by atoms with van der Waals surface area (Å²) in [6.07, 6.45) is 9.43. The van der Waals surface area contributed by atoms with Crippen LogP contribution >= 0.6 is 0 Å². The summed E-state index contributed by atoms with van der Waals surface area (Å²) in [6, 6.07) is 8.80. The van der Waals surface area contributed by atoms with Crippen LogP contribution in [0.2, 0.25) is 0 Å². The third-order valence-corrected chi connectivity index (χ3v) is 4.90. The van der Waals surface area contributed by atoms with E-state index in [2.05, 4.69) is 36.5 Å². The Morgan fingerprint density at radius 1 is 1.25 bits per heavy atom. The van der Waals surface area contributed by atoms with Gasteiger partial charge in [-0.25, -0.2) is 0 Å². The van der Waals surface area contributed by atoms with E-state index in [9.17, 15) is 0 Å². The molecule has 0 radical (unpaired) electrons. The van der Waals surface area contributed by atoms with E-state index < -0.39 is 0 Å². The highest BCUT2D eigenvalue weighted by Crippen LogP contribution is 2.43. The largest absolute Gasteiger partial charge is 0.370 e. The Morgan fingerprint density at radius 2 is 2.10 bits per heavy atom. The Labute approximate surface area is 122 Å². The quantitative estimate of drug-likeness (QED) is 0.827. The van der Waals surface area contributed by atoms with E-state index >= 15 is 0 Å². The molecule has 2 fully saturated rings. The smallest absolute Gasteiger partial charge is 0.0708 e. The standard InChI is InChI=1S/C18H27NO/c1-15-5-4-6-16(13-15)8-12-19-14-17-7-11-18(20-17)9-2-3-10-18/h4-6,13,17,19H,2-3,7-12,14H2,1H3. The molecule has 1 N–H and O–H groups in total. The lowest BCUT2D eigenvalue weighted by atomic mass is 9.98. The van der Waals surface area contributed by atoms with Gasteiger partial charge in [0.25, 0.3) is 0 Å². The van der Waals surface area contributed by atoms with E-state index in [1.54, 1.807) is 0 Å². The molecule has 20 heavy (non-hydrogen) atoms. The summed E-state index contributed by atoms with van der Waals surface area (Å²) in [5, 5.41) is 3.58. The fourth-order valence-electron chi connectivity index (χ4n) is 3.79. The lowest BCUT2D eigenvalue weighted by molar-refractivity contribution is -0.0349. The SMILES string of the molecule is Cc1cccc(CCNCC2CCC3(CCCC3)O2)c1. The highest BCUT2D eigenvalue weighted by molar-refractivity contribution is 5.22. The first-order chi connectivity index (χ1) is 9.76. The van der Waals surface area contributed by atoms with Gasteiger partial charge < -0.3 is 10.1 Å². The van der Waals surface area contributed by atoms with Gasteiger partial charge in [-0.05, 0) is 51.1 Å². The topological polar surface area (TPSA) is 21.3 Å². The van der Waals surface area contributed by atoms with Crippen LogP contribution in [0, 0.1) is 6.92 Å². The fourth-order valence-corrected chi connectivity index (χ4v) is 3.79. The molecule has 1 aliphatic carbocycles. The highest BCUT2D eigenvalue weighted by Gasteiger charge is 2.41. The zero-order valence-corrected chi connectivity index (χ0v) is 12.7. The molecule has 0 bridgehead atoms. The van der Waals surface area contributed by atoms with Gasteiger partial charge >= 0.3 is 0 Å². The molecule has 1 heterocycles. The van der Waals surface area contributed by atoms with Gasteiger partial charge in [0.05, 0.1) is 11.7 Å². The van der Waals surface area contributed by atoms with Gasteiger partial charge in [-0.3, -0.25) is 0 Å². The first-order valence-electron chi connectivity index (χ1n) is 8.20. The van der Waals surface area contributed by atoms with Gasteiger partial charge in [0, 0.05) is 6.54 Å². The van der Waals surface area contributed by atoms with Crippen LogP contribution < -0.4 is 5.32 Å². The summed E-state index contributed by atoms with van der Waals surface area (Å²) in [6.45, 7) is 4.23. The van der Waals surface area contributed by atoms with Gasteiger partial charge in [0.2, 0.25) is 0 Å². The Balaban J connectivity index is 1.36. The van der Waals surface area contributed by atoms with Crippen molar-refractivity contribution in [1.82, 2.24) is 5.32 Å². The van der Waals surface area contributed by atoms with Crippen molar-refractivity contribution in [2.45, 2.75) is 63.6 Å². The molecule has 2 heteroatoms. The Kier molecular flexibility index (Phi) is 4.42. The number of aryl methyl sites for hydroxylation is 1. The minimum absolute atomic E-state index is 0.281. The van der Waals surface area contributed by atoms with Crippen LogP contribution in [0.5, 0.6) is 0 Å². The second-order valence-corrected chi connectivity index (χ2v) is 6.61. The normalized spacial score (nSPS) is 24.6. The molecule has 1 atom stereocenters. The molecular weight excluding hydrogens is 246 g/mol. The Hall–Kier alpha value is -0.860. The van der Waals surface area contributed by atoms with E-state index in [0.717, 1.165) is 19.5 Å². The molecule has 2 nitrogen and oxygen atoms in total. The molecule has 1 aromatic carbocycles. The van der Waals surface area contributed by atoms with Crippen molar-refractivity contribution in [2.24, 2.45) is 0 Å². The van der Waals surface area contributed by atoms with Crippen molar-refractivity contribution in [1.29, 1.82) is 0 Å². The monoisotopic (exact) mass is 273 g/mol. The summed E-state index contributed by atoms with van der Waals surface area (Å²) in [4.78, 5) is 0. The zero-order valence-electron chi connectivity index (χ0n) is 12.7. The van der Waals surface area contributed by atoms with Crippen LogP contribution in [0.25, 0.3) is 0 Å². The summed E-state index contributed by atoms with van der Waals surface area (Å²) < 4.78 is 6.32. The van der Waals surface area contributed by atoms with Crippen molar-refractivity contribution < 1.29 is 4.74 Å². The van der Waals surface area contributed by atoms with E-state index in [1.165, 1.54) is 49.7 Å². The molecule has 1 aromatic rings. The number of hydrogen-bond donors (Lipinski definition) is 1. The van der Waals surface area contributed by atoms with Crippen molar-refractivity contribution >= 4 is 0 Å². The molecule has 3 rings (SSSR count). The third kappa shape index (κ3) is 3.42. The molecular formula is C18H27NO. The summed E-state index contributed by atoms with van der Waals surface area (Å²) in [5.74, 6) is 0. The Morgan fingerprint density at radius 3 is 2.90 bits per heavy atom. The van der Waals surface area contributed by atoms with Gasteiger partial charge in [0.1, 0.15) is 0 Å². The molecule has 2 aliphatic rings. The van der Waals surface area contributed by atoms with Crippen LogP contribution in [0.1, 0.15) is 49.7 Å². The van der Waals surface area contributed by atoms with Crippen molar-refractivity contribution in [2.75, 3.05) is 13.1 Å². The lowest BCUT2D eigenvalue weighted by Gasteiger charge is -2.23. The number of rotatable bonds is 5. The molecule has 1 saturated carbocycles. The van der Waals surface area contributed by atoms with E-state index in [4.69, 9.17) is 4.74 Å². The minimum Gasteiger partial charge on any atom is -0.370 e. The van der Waals surface area contributed by atoms with E-state index in [-0.39, 0.29) is 5.60 Å². The number of hydrogen-bond acceptors (Lipinski definition) is 2. The molecule has 0 amide bonds. The average molecular weight is 273 g/mol. The van der Waals surface area contributed by atoms with Crippen molar-refractivity contribution in [3.63, 3.8) is 0 Å². The van der Waals surface area contributed by atoms with Crippen molar-refractivity contribution in [3.8, 4) is 0 Å². The van der Waals surface area contributed by atoms with Gasteiger partial charge in [-0.15, -0.1) is 0 Å². The first-order valence-corrected chi connectivity index (χ1v) is 8.20. The first kappa shape index (κ1) is 14.1. The Bertz CT molecular complexity index is 437. The third-order valence-electron chi connectivity index (χ3n) is 4.90. The lowest BCUT2D eigenvalue weighted by Crippen LogP contribution is -2.31. The zero-order chi connectivity index (χ0) is 13.8. The summed E-state index contributed by atoms with van der Waals surface area (Å²) in [7, 11) is 0. The molecule has 1 saturated heterocycles. The second-order valence-electron chi connectivity index (χ2n) is 6.61. The average Bonchev–Trinajstić information content (AvgIpc) is 3.06. The maximum atomic E-state index is 6.32. The molecule has 1 aliphatic heterocycles.